The Morgan fingerprint density at radius 2 is 2.25 bits per heavy atom. The Morgan fingerprint density at radius 1 is 1.50 bits per heavy atom. The highest BCUT2D eigenvalue weighted by atomic mass is 16.2. The molecule has 0 aromatic carbocycles. The molecule has 0 atom stereocenters. The summed E-state index contributed by atoms with van der Waals surface area (Å²) in [5.41, 5.74) is 1.90. The van der Waals surface area contributed by atoms with E-state index in [1.165, 1.54) is 0 Å². The van der Waals surface area contributed by atoms with Gasteiger partial charge in [-0.25, -0.2) is 0 Å². The highest BCUT2D eigenvalue weighted by Gasteiger charge is 2.08. The fraction of sp³-hybridized carbons (Fsp3) is 0.500. The Labute approximate surface area is 96.7 Å². The summed E-state index contributed by atoms with van der Waals surface area (Å²) in [6.45, 7) is 5.69. The molecule has 0 aliphatic rings. The molecular formula is C12H19N3O. The zero-order valence-corrected chi connectivity index (χ0v) is 10.2. The predicted molar refractivity (Wildman–Crippen MR) is 64.0 cm³/mol. The van der Waals surface area contributed by atoms with Crippen molar-refractivity contribution in [2.24, 2.45) is 0 Å². The number of carbonyl (C=O) groups is 1. The van der Waals surface area contributed by atoms with Gasteiger partial charge in [-0.3, -0.25) is 9.78 Å². The van der Waals surface area contributed by atoms with E-state index in [1.54, 1.807) is 11.9 Å². The molecule has 0 fully saturated rings. The number of hydrogen-bond donors (Lipinski definition) is 1. The van der Waals surface area contributed by atoms with Crippen LogP contribution in [0.15, 0.2) is 18.2 Å². The average Bonchev–Trinajstić information content (AvgIpc) is 2.25. The van der Waals surface area contributed by atoms with Crippen LogP contribution in [-0.4, -0.2) is 35.9 Å². The lowest BCUT2D eigenvalue weighted by Gasteiger charge is -2.17. The molecule has 1 aromatic heterocycles. The smallest absolute Gasteiger partial charge is 0.236 e. The molecule has 4 nitrogen and oxygen atoms in total. The van der Waals surface area contributed by atoms with E-state index in [0.717, 1.165) is 17.9 Å². The van der Waals surface area contributed by atoms with Crippen molar-refractivity contribution < 1.29 is 4.79 Å². The lowest BCUT2D eigenvalue weighted by Crippen LogP contribution is -2.35. The van der Waals surface area contributed by atoms with Crippen LogP contribution in [0.1, 0.15) is 18.3 Å². The van der Waals surface area contributed by atoms with Gasteiger partial charge in [-0.2, -0.15) is 0 Å². The van der Waals surface area contributed by atoms with Gasteiger partial charge in [-0.15, -0.1) is 0 Å². The molecular weight excluding hydrogens is 202 g/mol. The van der Waals surface area contributed by atoms with Gasteiger partial charge >= 0.3 is 0 Å². The molecule has 1 rings (SSSR count). The Morgan fingerprint density at radius 3 is 2.88 bits per heavy atom. The molecule has 0 saturated heterocycles. The minimum absolute atomic E-state index is 0.0881. The Hall–Kier alpha value is -1.42. The number of hydrogen-bond acceptors (Lipinski definition) is 3. The van der Waals surface area contributed by atoms with Crippen LogP contribution in [0.3, 0.4) is 0 Å². The molecule has 0 saturated carbocycles. The lowest BCUT2D eigenvalue weighted by atomic mass is 10.3. The summed E-state index contributed by atoms with van der Waals surface area (Å²) in [6, 6.07) is 5.84. The van der Waals surface area contributed by atoms with Crippen molar-refractivity contribution in [3.8, 4) is 0 Å². The predicted octanol–water partition coefficient (Wildman–Crippen LogP) is 0.958. The second-order valence-corrected chi connectivity index (χ2v) is 3.80. The fourth-order valence-electron chi connectivity index (χ4n) is 1.39. The number of rotatable bonds is 5. The second kappa shape index (κ2) is 6.23. The van der Waals surface area contributed by atoms with E-state index in [9.17, 15) is 4.79 Å². The number of carbonyl (C=O) groups excluding carboxylic acids is 1. The topological polar surface area (TPSA) is 45.2 Å². The summed E-state index contributed by atoms with van der Waals surface area (Å²) in [7, 11) is 1.80. The number of pyridine rings is 1. The van der Waals surface area contributed by atoms with Crippen LogP contribution in [0.25, 0.3) is 0 Å². The van der Waals surface area contributed by atoms with E-state index in [-0.39, 0.29) is 5.91 Å². The van der Waals surface area contributed by atoms with E-state index >= 15 is 0 Å². The first-order valence-electron chi connectivity index (χ1n) is 5.50. The maximum absolute atomic E-state index is 11.6. The zero-order valence-electron chi connectivity index (χ0n) is 10.2. The first-order valence-corrected chi connectivity index (χ1v) is 5.50. The molecule has 16 heavy (non-hydrogen) atoms. The first kappa shape index (κ1) is 12.6. The van der Waals surface area contributed by atoms with Gasteiger partial charge in [0.05, 0.1) is 18.8 Å². The summed E-state index contributed by atoms with van der Waals surface area (Å²) in [4.78, 5) is 17.7. The number of nitrogens with zero attached hydrogens (tertiary/aromatic N) is 2. The summed E-state index contributed by atoms with van der Waals surface area (Å²) in [5.74, 6) is 0.0881. The van der Waals surface area contributed by atoms with Gasteiger partial charge < -0.3 is 10.2 Å². The summed E-state index contributed by atoms with van der Waals surface area (Å²) in [5, 5.41) is 3.01. The molecule has 1 amide bonds. The van der Waals surface area contributed by atoms with Crippen LogP contribution in [0.4, 0.5) is 0 Å². The van der Waals surface area contributed by atoms with E-state index < -0.39 is 0 Å². The third kappa shape index (κ3) is 3.98. The first-order chi connectivity index (χ1) is 7.63. The number of amides is 1. The molecule has 0 aliphatic heterocycles. The highest BCUT2D eigenvalue weighted by molar-refractivity contribution is 5.77. The Bertz CT molecular complexity index is 352. The second-order valence-electron chi connectivity index (χ2n) is 3.80. The van der Waals surface area contributed by atoms with E-state index in [1.807, 2.05) is 32.0 Å². The van der Waals surface area contributed by atoms with Gasteiger partial charge in [0.2, 0.25) is 5.91 Å². The molecule has 4 heteroatoms. The normalized spacial score (nSPS) is 10.2. The van der Waals surface area contributed by atoms with Crippen molar-refractivity contribution in [1.29, 1.82) is 0 Å². The number of likely N-dealkylation sites (N-methyl/N-ethyl adjacent to an activating group) is 2. The van der Waals surface area contributed by atoms with E-state index in [2.05, 4.69) is 10.3 Å². The molecule has 0 spiro atoms. The van der Waals surface area contributed by atoms with Crippen LogP contribution >= 0.6 is 0 Å². The van der Waals surface area contributed by atoms with Crippen molar-refractivity contribution in [2.45, 2.75) is 20.4 Å². The molecule has 0 bridgehead atoms. The van der Waals surface area contributed by atoms with Crippen molar-refractivity contribution in [1.82, 2.24) is 15.2 Å². The monoisotopic (exact) mass is 221 g/mol. The largest absolute Gasteiger partial charge is 0.339 e. The minimum atomic E-state index is 0.0881. The fourth-order valence-corrected chi connectivity index (χ4v) is 1.39. The van der Waals surface area contributed by atoms with Gasteiger partial charge in [0.1, 0.15) is 0 Å². The van der Waals surface area contributed by atoms with Gasteiger partial charge in [0.15, 0.2) is 0 Å². The molecule has 1 aromatic rings. The molecule has 0 unspecified atom stereocenters. The molecule has 1 N–H and O–H groups in total. The number of aromatic nitrogens is 1. The zero-order chi connectivity index (χ0) is 12.0. The molecule has 0 aliphatic carbocycles. The quantitative estimate of drug-likeness (QED) is 0.805. The Balaban J connectivity index is 2.50. The summed E-state index contributed by atoms with van der Waals surface area (Å²) in [6.07, 6.45) is 0. The third-order valence-electron chi connectivity index (χ3n) is 2.30. The van der Waals surface area contributed by atoms with Crippen molar-refractivity contribution in [3.63, 3.8) is 0 Å². The maximum atomic E-state index is 11.6. The van der Waals surface area contributed by atoms with Crippen LogP contribution in [0, 0.1) is 6.92 Å². The minimum Gasteiger partial charge on any atom is -0.339 e. The van der Waals surface area contributed by atoms with Crippen LogP contribution in [0.2, 0.25) is 0 Å². The van der Waals surface area contributed by atoms with Gasteiger partial charge in [-0.05, 0) is 25.6 Å². The van der Waals surface area contributed by atoms with E-state index in [4.69, 9.17) is 0 Å². The number of nitrogens with one attached hydrogen (secondary N) is 1. The van der Waals surface area contributed by atoms with Crippen molar-refractivity contribution in [2.75, 3.05) is 20.1 Å². The Kier molecular flexibility index (Phi) is 4.92. The van der Waals surface area contributed by atoms with Crippen LogP contribution in [0.5, 0.6) is 0 Å². The van der Waals surface area contributed by atoms with Crippen LogP contribution in [-0.2, 0) is 11.3 Å². The standard InChI is InChI=1S/C12H19N3O/c1-4-13-8-12(16)15(3)9-11-7-5-6-10(2)14-11/h5-7,13H,4,8-9H2,1-3H3. The number of aryl methyl sites for hydroxylation is 1. The summed E-state index contributed by atoms with van der Waals surface area (Å²) >= 11 is 0. The summed E-state index contributed by atoms with van der Waals surface area (Å²) < 4.78 is 0. The van der Waals surface area contributed by atoms with Gasteiger partial charge in [0, 0.05) is 12.7 Å². The molecule has 88 valence electrons. The third-order valence-corrected chi connectivity index (χ3v) is 2.30. The van der Waals surface area contributed by atoms with Gasteiger partial charge in [0.25, 0.3) is 0 Å². The van der Waals surface area contributed by atoms with Crippen LogP contribution < -0.4 is 5.32 Å². The SMILES string of the molecule is CCNCC(=O)N(C)Cc1cccc(C)n1. The van der Waals surface area contributed by atoms with Crippen molar-refractivity contribution >= 4 is 5.91 Å². The maximum Gasteiger partial charge on any atom is 0.236 e. The lowest BCUT2D eigenvalue weighted by molar-refractivity contribution is -0.129. The molecule has 1 heterocycles. The van der Waals surface area contributed by atoms with E-state index in [0.29, 0.717) is 13.1 Å². The molecule has 0 radical (unpaired) electrons. The highest BCUT2D eigenvalue weighted by Crippen LogP contribution is 2.01. The van der Waals surface area contributed by atoms with Crippen molar-refractivity contribution in [3.05, 3.63) is 29.6 Å². The average molecular weight is 221 g/mol. The van der Waals surface area contributed by atoms with Gasteiger partial charge in [-0.1, -0.05) is 13.0 Å².